The normalized spacial score (nSPS) is 11.9. The van der Waals surface area contributed by atoms with Crippen molar-refractivity contribution in [3.8, 4) is 0 Å². The summed E-state index contributed by atoms with van der Waals surface area (Å²) >= 11 is 0. The van der Waals surface area contributed by atoms with E-state index in [1.54, 1.807) is 0 Å². The highest BCUT2D eigenvalue weighted by molar-refractivity contribution is 7.48. The predicted octanol–water partition coefficient (Wildman–Crippen LogP) is 15.9. The van der Waals surface area contributed by atoms with Crippen molar-refractivity contribution in [3.63, 3.8) is 0 Å². The van der Waals surface area contributed by atoms with Crippen molar-refractivity contribution in [2.45, 2.75) is 226 Å². The summed E-state index contributed by atoms with van der Waals surface area (Å²) in [6, 6.07) is 9.88. The molecule has 0 aliphatic rings. The van der Waals surface area contributed by atoms with E-state index in [4.69, 9.17) is 13.6 Å². The second-order valence-electron chi connectivity index (χ2n) is 14.5. The minimum absolute atomic E-state index is 0.246. The fourth-order valence-corrected chi connectivity index (χ4v) is 7.73. The fraction of sp³-hybridized carbons (Fsp3) is 0.860. The highest BCUT2D eigenvalue weighted by Gasteiger charge is 2.26. The van der Waals surface area contributed by atoms with Crippen molar-refractivity contribution in [3.05, 3.63) is 35.9 Å². The average Bonchev–Trinajstić information content (AvgIpc) is 3.10. The van der Waals surface area contributed by atoms with Gasteiger partial charge in [0.05, 0.1) is 19.8 Å². The first-order chi connectivity index (χ1) is 23.7. The van der Waals surface area contributed by atoms with E-state index in [0.717, 1.165) is 31.2 Å². The predicted molar refractivity (Wildman–Crippen MR) is 210 cm³/mol. The van der Waals surface area contributed by atoms with Gasteiger partial charge in [0.2, 0.25) is 0 Å². The van der Waals surface area contributed by atoms with Crippen LogP contribution in [0.1, 0.15) is 225 Å². The molecule has 4 nitrogen and oxygen atoms in total. The molecule has 0 heterocycles. The molecule has 0 radical (unpaired) electrons. The molecule has 282 valence electrons. The molecule has 0 fully saturated rings. The van der Waals surface area contributed by atoms with E-state index >= 15 is 0 Å². The molecule has 1 aromatic carbocycles. The largest absolute Gasteiger partial charge is 0.475 e. The summed E-state index contributed by atoms with van der Waals surface area (Å²) < 4.78 is 30.8. The van der Waals surface area contributed by atoms with Crippen LogP contribution in [0.4, 0.5) is 0 Å². The summed E-state index contributed by atoms with van der Waals surface area (Å²) in [4.78, 5) is 0. The average molecular weight is 693 g/mol. The molecule has 0 atom stereocenters. The van der Waals surface area contributed by atoms with Crippen molar-refractivity contribution < 1.29 is 18.1 Å². The van der Waals surface area contributed by atoms with E-state index < -0.39 is 7.82 Å². The van der Waals surface area contributed by atoms with Crippen molar-refractivity contribution in [1.29, 1.82) is 0 Å². The van der Waals surface area contributed by atoms with Gasteiger partial charge in [0.1, 0.15) is 0 Å². The summed E-state index contributed by atoms with van der Waals surface area (Å²) in [5.41, 5.74) is 0.981. The van der Waals surface area contributed by atoms with Gasteiger partial charge in [-0.2, -0.15) is 0 Å². The molecule has 0 aliphatic carbocycles. The molecule has 1 rings (SSSR count). The van der Waals surface area contributed by atoms with Crippen LogP contribution < -0.4 is 0 Å². The standard InChI is InChI=1S/C43H81O4P/c1-3-5-7-9-11-13-15-17-19-21-23-25-27-29-31-36-40-45-48(44,47-42-43-38-34-33-35-39-43)46-41-37-32-30-28-26-24-22-20-18-16-14-12-10-8-6-4-2/h33-35,38-39H,3-32,36-37,40-42H2,1-2H3. The van der Waals surface area contributed by atoms with Gasteiger partial charge < -0.3 is 0 Å². The van der Waals surface area contributed by atoms with E-state index in [9.17, 15) is 4.57 Å². The number of benzene rings is 1. The third kappa shape index (κ3) is 31.3. The number of rotatable bonds is 39. The van der Waals surface area contributed by atoms with Crippen LogP contribution in [-0.4, -0.2) is 13.2 Å². The second kappa shape index (κ2) is 36.1. The zero-order chi connectivity index (χ0) is 34.5. The highest BCUT2D eigenvalue weighted by Crippen LogP contribution is 2.50. The second-order valence-corrected chi connectivity index (χ2v) is 16.1. The molecule has 0 saturated carbocycles. The van der Waals surface area contributed by atoms with Crippen LogP contribution in [0.5, 0.6) is 0 Å². The number of phosphoric ester groups is 1. The van der Waals surface area contributed by atoms with E-state index in [1.165, 1.54) is 180 Å². The van der Waals surface area contributed by atoms with Gasteiger partial charge in [0.25, 0.3) is 0 Å². The summed E-state index contributed by atoms with van der Waals surface area (Å²) in [5.74, 6) is 0. The molecule has 0 N–H and O–H groups in total. The van der Waals surface area contributed by atoms with E-state index in [1.807, 2.05) is 30.3 Å². The molecule has 0 aromatic heterocycles. The van der Waals surface area contributed by atoms with Crippen molar-refractivity contribution >= 4 is 7.82 Å². The smallest absolute Gasteiger partial charge is 0.287 e. The van der Waals surface area contributed by atoms with Crippen molar-refractivity contribution in [1.82, 2.24) is 0 Å². The molecule has 0 unspecified atom stereocenters. The third-order valence-corrected chi connectivity index (χ3v) is 11.2. The van der Waals surface area contributed by atoms with Gasteiger partial charge >= 0.3 is 7.82 Å². The van der Waals surface area contributed by atoms with E-state index in [2.05, 4.69) is 13.8 Å². The molecule has 0 spiro atoms. The maximum atomic E-state index is 13.4. The molecule has 0 saturated heterocycles. The van der Waals surface area contributed by atoms with E-state index in [-0.39, 0.29) is 6.61 Å². The highest BCUT2D eigenvalue weighted by atomic mass is 31.2. The molecular weight excluding hydrogens is 611 g/mol. The van der Waals surface area contributed by atoms with Crippen LogP contribution in [0.2, 0.25) is 0 Å². The van der Waals surface area contributed by atoms with E-state index in [0.29, 0.717) is 13.2 Å². The zero-order valence-electron chi connectivity index (χ0n) is 32.2. The van der Waals surface area contributed by atoms with Crippen molar-refractivity contribution in [2.24, 2.45) is 0 Å². The molecule has 48 heavy (non-hydrogen) atoms. The zero-order valence-corrected chi connectivity index (χ0v) is 33.1. The molecule has 5 heteroatoms. The van der Waals surface area contributed by atoms with Crippen LogP contribution in [0.3, 0.4) is 0 Å². The third-order valence-electron chi connectivity index (χ3n) is 9.73. The van der Waals surface area contributed by atoms with Gasteiger partial charge in [0, 0.05) is 0 Å². The number of phosphoric acid groups is 1. The van der Waals surface area contributed by atoms with Gasteiger partial charge in [-0.3, -0.25) is 13.6 Å². The van der Waals surface area contributed by atoms with Gasteiger partial charge in [0.15, 0.2) is 0 Å². The first-order valence-corrected chi connectivity index (χ1v) is 22.7. The summed E-state index contributed by atoms with van der Waals surface area (Å²) in [5, 5.41) is 0. The van der Waals surface area contributed by atoms with Gasteiger partial charge in [-0.1, -0.05) is 237 Å². The van der Waals surface area contributed by atoms with Crippen LogP contribution >= 0.6 is 7.82 Å². The molecule has 0 bridgehead atoms. The molecular formula is C43H81O4P. The lowest BCUT2D eigenvalue weighted by Crippen LogP contribution is -2.03. The minimum Gasteiger partial charge on any atom is -0.287 e. The molecule has 0 aliphatic heterocycles. The molecule has 0 amide bonds. The summed E-state index contributed by atoms with van der Waals surface area (Å²) in [6.07, 6.45) is 42.6. The number of unbranched alkanes of at least 4 members (excludes halogenated alkanes) is 30. The van der Waals surface area contributed by atoms with Crippen LogP contribution in [0.15, 0.2) is 30.3 Å². The summed E-state index contributed by atoms with van der Waals surface area (Å²) in [7, 11) is -3.56. The first-order valence-electron chi connectivity index (χ1n) is 21.3. The Balaban J connectivity index is 2.06. The van der Waals surface area contributed by atoms with Gasteiger partial charge in [-0.25, -0.2) is 4.57 Å². The summed E-state index contributed by atoms with van der Waals surface area (Å²) in [6.45, 7) is 5.69. The number of hydrogen-bond acceptors (Lipinski definition) is 4. The van der Waals surface area contributed by atoms with Gasteiger partial charge in [-0.05, 0) is 18.4 Å². The first kappa shape index (κ1) is 45.4. The Morgan fingerprint density at radius 1 is 0.375 bits per heavy atom. The van der Waals surface area contributed by atoms with Crippen LogP contribution in [0, 0.1) is 0 Å². The topological polar surface area (TPSA) is 44.8 Å². The Labute approximate surface area is 300 Å². The monoisotopic (exact) mass is 693 g/mol. The Kier molecular flexibility index (Phi) is 34.1. The Hall–Kier alpha value is -0.670. The Morgan fingerprint density at radius 2 is 0.646 bits per heavy atom. The quantitative estimate of drug-likeness (QED) is 0.0509. The Morgan fingerprint density at radius 3 is 0.938 bits per heavy atom. The minimum atomic E-state index is -3.56. The van der Waals surface area contributed by atoms with Crippen molar-refractivity contribution in [2.75, 3.05) is 13.2 Å². The maximum absolute atomic E-state index is 13.4. The lowest BCUT2D eigenvalue weighted by molar-refractivity contribution is 0.105. The van der Waals surface area contributed by atoms with Crippen LogP contribution in [-0.2, 0) is 24.7 Å². The lowest BCUT2D eigenvalue weighted by Gasteiger charge is -2.18. The van der Waals surface area contributed by atoms with Crippen LogP contribution in [0.25, 0.3) is 0 Å². The SMILES string of the molecule is CCCCCCCCCCCCCCCCCCOP(=O)(OCCCCCCCCCCCCCCCCCC)OCc1ccccc1. The van der Waals surface area contributed by atoms with Gasteiger partial charge in [-0.15, -0.1) is 0 Å². The fourth-order valence-electron chi connectivity index (χ4n) is 6.49. The molecule has 1 aromatic rings. The Bertz CT molecular complexity index is 759. The lowest BCUT2D eigenvalue weighted by atomic mass is 10.0. The maximum Gasteiger partial charge on any atom is 0.475 e. The number of hydrogen-bond donors (Lipinski definition) is 0.